The quantitative estimate of drug-likeness (QED) is 0.822. The van der Waals surface area contributed by atoms with Crippen LogP contribution in [-0.2, 0) is 7.05 Å². The zero-order valence-corrected chi connectivity index (χ0v) is 15.5. The summed E-state index contributed by atoms with van der Waals surface area (Å²) in [6, 6.07) is 0. The van der Waals surface area contributed by atoms with Crippen molar-refractivity contribution in [2.24, 2.45) is 24.8 Å². The lowest BCUT2D eigenvalue weighted by Crippen LogP contribution is -2.34. The highest BCUT2D eigenvalue weighted by Gasteiger charge is 2.33. The van der Waals surface area contributed by atoms with Crippen LogP contribution in [0.3, 0.4) is 0 Å². The van der Waals surface area contributed by atoms with E-state index in [9.17, 15) is 0 Å². The molecule has 4 heteroatoms. The molecule has 1 aliphatic rings. The van der Waals surface area contributed by atoms with Crippen LogP contribution < -0.4 is 5.32 Å². The van der Waals surface area contributed by atoms with E-state index in [4.69, 9.17) is 0 Å². The van der Waals surface area contributed by atoms with Crippen LogP contribution in [-0.4, -0.2) is 22.9 Å². The van der Waals surface area contributed by atoms with Crippen LogP contribution >= 0.6 is 15.9 Å². The molecule has 0 aromatic carbocycles. The maximum absolute atomic E-state index is 4.43. The molecule has 0 saturated heterocycles. The summed E-state index contributed by atoms with van der Waals surface area (Å²) in [5.41, 5.74) is 1.39. The van der Waals surface area contributed by atoms with Crippen LogP contribution in [0.1, 0.15) is 58.1 Å². The molecule has 3 unspecified atom stereocenters. The lowest BCUT2D eigenvalue weighted by atomic mass is 9.71. The van der Waals surface area contributed by atoms with Gasteiger partial charge in [0, 0.05) is 13.0 Å². The highest BCUT2D eigenvalue weighted by Crippen LogP contribution is 2.43. The van der Waals surface area contributed by atoms with Gasteiger partial charge < -0.3 is 5.32 Å². The van der Waals surface area contributed by atoms with Gasteiger partial charge in [-0.05, 0) is 59.6 Å². The van der Waals surface area contributed by atoms with Crippen molar-refractivity contribution in [3.05, 3.63) is 16.4 Å². The molecule has 1 saturated carbocycles. The van der Waals surface area contributed by atoms with Crippen LogP contribution in [0.15, 0.2) is 10.7 Å². The fourth-order valence-electron chi connectivity index (χ4n) is 3.67. The van der Waals surface area contributed by atoms with Crippen molar-refractivity contribution < 1.29 is 0 Å². The molecule has 0 radical (unpaired) electrons. The van der Waals surface area contributed by atoms with Gasteiger partial charge in [0.15, 0.2) is 0 Å². The summed E-state index contributed by atoms with van der Waals surface area (Å²) in [5, 5.41) is 8.11. The summed E-state index contributed by atoms with van der Waals surface area (Å²) in [7, 11) is 2.08. The molecule has 0 spiro atoms. The Balaban J connectivity index is 2.10. The Morgan fingerprint density at radius 3 is 2.76 bits per heavy atom. The van der Waals surface area contributed by atoms with Crippen molar-refractivity contribution in [3.8, 4) is 0 Å². The van der Waals surface area contributed by atoms with E-state index >= 15 is 0 Å². The Kier molecular flexibility index (Phi) is 6.30. The highest BCUT2D eigenvalue weighted by molar-refractivity contribution is 9.10. The first kappa shape index (κ1) is 17.0. The lowest BCUT2D eigenvalue weighted by molar-refractivity contribution is 0.217. The van der Waals surface area contributed by atoms with E-state index < -0.39 is 0 Å². The Labute approximate surface area is 138 Å². The molecule has 1 aliphatic carbocycles. The third kappa shape index (κ3) is 4.32. The molecule has 1 heterocycles. The molecular formula is C17H30BrN3. The molecule has 1 aromatic rings. The van der Waals surface area contributed by atoms with Gasteiger partial charge in [-0.15, -0.1) is 0 Å². The third-order valence-corrected chi connectivity index (χ3v) is 5.54. The number of halogens is 1. The van der Waals surface area contributed by atoms with Gasteiger partial charge in [-0.2, -0.15) is 5.10 Å². The van der Waals surface area contributed by atoms with Crippen LogP contribution in [0.2, 0.25) is 0 Å². The van der Waals surface area contributed by atoms with Gasteiger partial charge in [-0.25, -0.2) is 0 Å². The Bertz CT molecular complexity index is 422. The fourth-order valence-corrected chi connectivity index (χ4v) is 4.31. The molecule has 0 bridgehead atoms. The van der Waals surface area contributed by atoms with E-state index in [0.29, 0.717) is 5.92 Å². The predicted octanol–water partition coefficient (Wildman–Crippen LogP) is 4.34. The minimum absolute atomic E-state index is 0.630. The van der Waals surface area contributed by atoms with Crippen LogP contribution in [0, 0.1) is 17.8 Å². The molecule has 120 valence electrons. The third-order valence-electron chi connectivity index (χ3n) is 4.93. The average molecular weight is 356 g/mol. The van der Waals surface area contributed by atoms with Crippen molar-refractivity contribution in [1.82, 2.24) is 15.1 Å². The lowest BCUT2D eigenvalue weighted by Gasteiger charge is -2.36. The van der Waals surface area contributed by atoms with E-state index in [1.165, 1.54) is 35.8 Å². The molecular weight excluding hydrogens is 326 g/mol. The fraction of sp³-hybridized carbons (Fsp3) is 0.824. The molecule has 0 aliphatic heterocycles. The molecule has 0 amide bonds. The van der Waals surface area contributed by atoms with E-state index in [-0.39, 0.29) is 0 Å². The number of nitrogens with zero attached hydrogens (tertiary/aromatic N) is 2. The summed E-state index contributed by atoms with van der Waals surface area (Å²) in [6.45, 7) is 9.13. The van der Waals surface area contributed by atoms with Crippen LogP contribution in [0.25, 0.3) is 0 Å². The molecule has 3 nitrogen and oxygen atoms in total. The molecule has 1 fully saturated rings. The summed E-state index contributed by atoms with van der Waals surface area (Å²) < 4.78 is 3.25. The van der Waals surface area contributed by atoms with Crippen LogP contribution in [0.4, 0.5) is 0 Å². The SMILES string of the molecule is CCC1CCC(CNCC(C)C)C(c2c(Br)cnn2C)C1. The maximum atomic E-state index is 4.43. The first-order valence-electron chi connectivity index (χ1n) is 8.41. The standard InChI is InChI=1S/C17H30BrN3/c1-5-13-6-7-14(10-19-9-12(2)3)15(8-13)17-16(18)11-20-21(17)4/h11-15,19H,5-10H2,1-4H3. The number of nitrogens with one attached hydrogen (secondary N) is 1. The van der Waals surface area contributed by atoms with Gasteiger partial charge in [-0.1, -0.05) is 33.6 Å². The average Bonchev–Trinajstić information content (AvgIpc) is 2.78. The molecule has 3 atom stereocenters. The second kappa shape index (κ2) is 7.77. The van der Waals surface area contributed by atoms with E-state index in [1.807, 2.05) is 6.20 Å². The van der Waals surface area contributed by atoms with E-state index in [1.54, 1.807) is 0 Å². The molecule has 21 heavy (non-hydrogen) atoms. The number of aromatic nitrogens is 2. The summed E-state index contributed by atoms with van der Waals surface area (Å²) >= 11 is 3.71. The largest absolute Gasteiger partial charge is 0.316 e. The van der Waals surface area contributed by atoms with E-state index in [2.05, 4.69) is 58.8 Å². The second-order valence-corrected chi connectivity index (χ2v) is 7.86. The Hall–Kier alpha value is -0.350. The van der Waals surface area contributed by atoms with Crippen LogP contribution in [0.5, 0.6) is 0 Å². The van der Waals surface area contributed by atoms with Gasteiger partial charge in [0.2, 0.25) is 0 Å². The zero-order valence-electron chi connectivity index (χ0n) is 13.9. The van der Waals surface area contributed by atoms with Gasteiger partial charge in [0.05, 0.1) is 16.4 Å². The second-order valence-electron chi connectivity index (χ2n) is 7.01. The summed E-state index contributed by atoms with van der Waals surface area (Å²) in [4.78, 5) is 0. The number of aryl methyl sites for hydroxylation is 1. The smallest absolute Gasteiger partial charge is 0.0635 e. The minimum atomic E-state index is 0.630. The van der Waals surface area contributed by atoms with E-state index in [0.717, 1.165) is 30.8 Å². The highest BCUT2D eigenvalue weighted by atomic mass is 79.9. The number of rotatable bonds is 6. The Morgan fingerprint density at radius 1 is 1.43 bits per heavy atom. The molecule has 1 N–H and O–H groups in total. The first-order chi connectivity index (χ1) is 10.0. The molecule has 2 rings (SSSR count). The normalized spacial score (nSPS) is 26.5. The first-order valence-corrected chi connectivity index (χ1v) is 9.20. The summed E-state index contributed by atoms with van der Waals surface area (Å²) in [5.74, 6) is 2.96. The topological polar surface area (TPSA) is 29.9 Å². The van der Waals surface area contributed by atoms with Gasteiger partial charge in [0.1, 0.15) is 0 Å². The predicted molar refractivity (Wildman–Crippen MR) is 92.5 cm³/mol. The van der Waals surface area contributed by atoms with Gasteiger partial charge in [-0.3, -0.25) is 4.68 Å². The Morgan fingerprint density at radius 2 is 2.19 bits per heavy atom. The maximum Gasteiger partial charge on any atom is 0.0635 e. The number of hydrogen-bond acceptors (Lipinski definition) is 2. The van der Waals surface area contributed by atoms with Crippen molar-refractivity contribution in [2.45, 2.75) is 52.4 Å². The zero-order chi connectivity index (χ0) is 15.4. The van der Waals surface area contributed by atoms with Crippen molar-refractivity contribution >= 4 is 15.9 Å². The van der Waals surface area contributed by atoms with Crippen molar-refractivity contribution in [3.63, 3.8) is 0 Å². The number of hydrogen-bond donors (Lipinski definition) is 1. The van der Waals surface area contributed by atoms with Crippen molar-refractivity contribution in [1.29, 1.82) is 0 Å². The van der Waals surface area contributed by atoms with Crippen molar-refractivity contribution in [2.75, 3.05) is 13.1 Å². The molecule has 1 aromatic heterocycles. The monoisotopic (exact) mass is 355 g/mol. The minimum Gasteiger partial charge on any atom is -0.316 e. The summed E-state index contributed by atoms with van der Waals surface area (Å²) in [6.07, 6.45) is 7.28. The van der Waals surface area contributed by atoms with Gasteiger partial charge >= 0.3 is 0 Å². The van der Waals surface area contributed by atoms with Gasteiger partial charge in [0.25, 0.3) is 0 Å².